The highest BCUT2D eigenvalue weighted by Gasteiger charge is 2.63. The molecule has 0 spiro atoms. The third-order valence-electron chi connectivity index (χ3n) is 9.79. The van der Waals surface area contributed by atoms with Crippen LogP contribution >= 0.6 is 0 Å². The Morgan fingerprint density at radius 3 is 2.34 bits per heavy atom. The Kier molecular flexibility index (Phi) is 8.06. The van der Waals surface area contributed by atoms with Gasteiger partial charge in [-0.05, 0) is 79.0 Å². The average Bonchev–Trinajstić information content (AvgIpc) is 2.98. The van der Waals surface area contributed by atoms with Crippen LogP contribution in [-0.4, -0.2) is 28.1 Å². The van der Waals surface area contributed by atoms with Gasteiger partial charge < -0.3 is 10.2 Å². The molecule has 0 aliphatic heterocycles. The van der Waals surface area contributed by atoms with Crippen LogP contribution in [-0.2, 0) is 27.8 Å². The van der Waals surface area contributed by atoms with Crippen LogP contribution in [0.1, 0.15) is 95.9 Å². The lowest BCUT2D eigenvalue weighted by molar-refractivity contribution is -0.148. The highest BCUT2D eigenvalue weighted by atomic mass is 16.4. The number of aryl methyl sites for hydroxylation is 1. The van der Waals surface area contributed by atoms with E-state index in [1.165, 1.54) is 22.3 Å². The predicted octanol–water partition coefficient (Wildman–Crippen LogP) is 6.44. The monoisotopic (exact) mass is 482 g/mol. The van der Waals surface area contributed by atoms with Crippen molar-refractivity contribution >= 4 is 11.8 Å². The first kappa shape index (κ1) is 27.6. The molecule has 0 radical (unpaired) electrons. The van der Waals surface area contributed by atoms with Gasteiger partial charge in [0.2, 0.25) is 0 Å². The van der Waals surface area contributed by atoms with Gasteiger partial charge in [0.1, 0.15) is 5.78 Å². The number of aliphatic carboxylic acids is 1. The molecule has 1 saturated carbocycles. The molecule has 3 rings (SSSR count). The van der Waals surface area contributed by atoms with Gasteiger partial charge >= 0.3 is 5.97 Å². The lowest BCUT2D eigenvalue weighted by atomic mass is 9.53. The maximum Gasteiger partial charge on any atom is 0.306 e. The summed E-state index contributed by atoms with van der Waals surface area (Å²) in [7, 11) is 0. The fraction of sp³-hybridized carbons (Fsp3) is 0.677. The van der Waals surface area contributed by atoms with Crippen molar-refractivity contribution in [2.24, 2.45) is 29.1 Å². The maximum absolute atomic E-state index is 12.5. The molecule has 2 N–H and O–H groups in total. The van der Waals surface area contributed by atoms with E-state index in [9.17, 15) is 19.8 Å². The van der Waals surface area contributed by atoms with Crippen LogP contribution in [0.25, 0.3) is 0 Å². The Labute approximate surface area is 212 Å². The molecule has 4 nitrogen and oxygen atoms in total. The summed E-state index contributed by atoms with van der Waals surface area (Å²) >= 11 is 0. The number of aliphatic hydroxyl groups is 1. The number of benzene rings is 1. The van der Waals surface area contributed by atoms with Crippen LogP contribution in [0.3, 0.4) is 0 Å². The van der Waals surface area contributed by atoms with E-state index in [2.05, 4.69) is 53.3 Å². The zero-order valence-electron chi connectivity index (χ0n) is 22.9. The topological polar surface area (TPSA) is 74.6 Å². The number of carboxylic acid groups (broad SMARTS) is 1. The molecular formula is C31H46O4. The van der Waals surface area contributed by atoms with Crippen molar-refractivity contribution in [2.75, 3.05) is 0 Å². The molecule has 1 aromatic carbocycles. The van der Waals surface area contributed by atoms with E-state index in [4.69, 9.17) is 0 Å². The van der Waals surface area contributed by atoms with E-state index in [0.29, 0.717) is 31.6 Å². The zero-order valence-corrected chi connectivity index (χ0v) is 22.9. The SMILES string of the molecule is C=C(CC[C@H](C(=O)O)[C@H]1[C@H](O)C[C@@]2(C)c3ccc(C)c(CCC(=O)C(C)C)c3CC[C@]12C)C(C)C. The van der Waals surface area contributed by atoms with Crippen molar-refractivity contribution < 1.29 is 19.8 Å². The standard InChI is InChI=1S/C31H46O4/c1-18(2)20(5)9-11-24(29(34)35)28-27(33)17-31(8)25-13-10-21(6)22(12-14-26(32)19(3)4)23(25)15-16-30(28,31)7/h10,13,18-19,24,27-28,33H,5,9,11-12,14-17H2,1-4,6-8H3,(H,34,35)/t24-,27+,28-,30+,31-/m0/s1. The van der Waals surface area contributed by atoms with Crippen LogP contribution in [0.5, 0.6) is 0 Å². The van der Waals surface area contributed by atoms with Crippen molar-refractivity contribution in [3.8, 4) is 0 Å². The first-order valence-electron chi connectivity index (χ1n) is 13.5. The summed E-state index contributed by atoms with van der Waals surface area (Å²) in [5.74, 6) is -1.05. The Balaban J connectivity index is 1.98. The molecule has 0 unspecified atom stereocenters. The summed E-state index contributed by atoms with van der Waals surface area (Å²) in [5.41, 5.74) is 5.52. The second-order valence-corrected chi connectivity index (χ2v) is 12.4. The van der Waals surface area contributed by atoms with E-state index < -0.39 is 18.0 Å². The van der Waals surface area contributed by atoms with Gasteiger partial charge in [0.25, 0.3) is 0 Å². The Morgan fingerprint density at radius 2 is 1.77 bits per heavy atom. The number of carboxylic acids is 1. The predicted molar refractivity (Wildman–Crippen MR) is 142 cm³/mol. The summed E-state index contributed by atoms with van der Waals surface area (Å²) in [4.78, 5) is 24.9. The highest BCUT2D eigenvalue weighted by Crippen LogP contribution is 2.64. The number of allylic oxidation sites excluding steroid dienone is 1. The zero-order chi connectivity index (χ0) is 26.3. The fourth-order valence-corrected chi connectivity index (χ4v) is 7.11. The molecule has 1 aromatic rings. The molecule has 2 aliphatic rings. The largest absolute Gasteiger partial charge is 0.481 e. The number of rotatable bonds is 10. The summed E-state index contributed by atoms with van der Waals surface area (Å²) in [6.07, 6.45) is 4.12. The Morgan fingerprint density at radius 1 is 1.11 bits per heavy atom. The number of aliphatic hydroxyl groups excluding tert-OH is 1. The molecule has 0 bridgehead atoms. The van der Waals surface area contributed by atoms with Crippen LogP contribution in [0.15, 0.2) is 24.3 Å². The molecule has 5 atom stereocenters. The van der Waals surface area contributed by atoms with Gasteiger partial charge in [-0.25, -0.2) is 0 Å². The van der Waals surface area contributed by atoms with Gasteiger partial charge in [0.15, 0.2) is 0 Å². The molecule has 4 heteroatoms. The molecule has 2 aliphatic carbocycles. The van der Waals surface area contributed by atoms with Crippen molar-refractivity contribution in [1.82, 2.24) is 0 Å². The first-order valence-corrected chi connectivity index (χ1v) is 13.5. The molecule has 1 fully saturated rings. The van der Waals surface area contributed by atoms with E-state index in [0.717, 1.165) is 24.8 Å². The van der Waals surface area contributed by atoms with E-state index in [1.807, 2.05) is 13.8 Å². The minimum Gasteiger partial charge on any atom is -0.481 e. The van der Waals surface area contributed by atoms with Gasteiger partial charge in [0.05, 0.1) is 12.0 Å². The van der Waals surface area contributed by atoms with Gasteiger partial charge in [-0.2, -0.15) is 0 Å². The molecule has 0 saturated heterocycles. The number of hydrogen-bond donors (Lipinski definition) is 2. The summed E-state index contributed by atoms with van der Waals surface area (Å²) in [6.45, 7) is 18.8. The smallest absolute Gasteiger partial charge is 0.306 e. The van der Waals surface area contributed by atoms with E-state index in [-0.39, 0.29) is 28.4 Å². The number of hydrogen-bond acceptors (Lipinski definition) is 3. The highest BCUT2D eigenvalue weighted by molar-refractivity contribution is 5.80. The molecule has 0 amide bonds. The number of ketones is 1. The van der Waals surface area contributed by atoms with Crippen LogP contribution in [0.4, 0.5) is 0 Å². The van der Waals surface area contributed by atoms with Crippen molar-refractivity contribution in [1.29, 1.82) is 0 Å². The van der Waals surface area contributed by atoms with E-state index >= 15 is 0 Å². The minimum absolute atomic E-state index is 0.0427. The number of Topliss-reactive ketones (excluding diaryl/α,β-unsaturated/α-hetero) is 1. The molecular weight excluding hydrogens is 436 g/mol. The number of fused-ring (bicyclic) bond motifs is 3. The normalized spacial score (nSPS) is 28.6. The van der Waals surface area contributed by atoms with Crippen molar-refractivity contribution in [2.45, 2.75) is 105 Å². The maximum atomic E-state index is 12.5. The first-order chi connectivity index (χ1) is 16.2. The Hall–Kier alpha value is -1.94. The van der Waals surface area contributed by atoms with Gasteiger partial charge in [0, 0.05) is 23.7 Å². The number of carbonyl (C=O) groups is 2. The Bertz CT molecular complexity index is 990. The lowest BCUT2D eigenvalue weighted by Gasteiger charge is -2.51. The van der Waals surface area contributed by atoms with Crippen LogP contribution < -0.4 is 0 Å². The van der Waals surface area contributed by atoms with E-state index in [1.54, 1.807) is 0 Å². The molecule has 0 aromatic heterocycles. The quantitative estimate of drug-likeness (QED) is 0.377. The summed E-state index contributed by atoms with van der Waals surface area (Å²) < 4.78 is 0. The third kappa shape index (κ3) is 4.88. The fourth-order valence-electron chi connectivity index (χ4n) is 7.11. The lowest BCUT2D eigenvalue weighted by Crippen LogP contribution is -2.48. The third-order valence-corrected chi connectivity index (χ3v) is 9.79. The van der Waals surface area contributed by atoms with Crippen LogP contribution in [0, 0.1) is 36.0 Å². The van der Waals surface area contributed by atoms with Crippen molar-refractivity contribution in [3.63, 3.8) is 0 Å². The van der Waals surface area contributed by atoms with Gasteiger partial charge in [-0.15, -0.1) is 0 Å². The van der Waals surface area contributed by atoms with Gasteiger partial charge in [-0.1, -0.05) is 65.8 Å². The number of carbonyl (C=O) groups excluding carboxylic acids is 1. The molecule has 0 heterocycles. The summed E-state index contributed by atoms with van der Waals surface area (Å²) in [6, 6.07) is 4.37. The average molecular weight is 483 g/mol. The van der Waals surface area contributed by atoms with Gasteiger partial charge in [-0.3, -0.25) is 9.59 Å². The van der Waals surface area contributed by atoms with Crippen molar-refractivity contribution in [3.05, 3.63) is 46.5 Å². The molecule has 194 valence electrons. The molecule has 35 heavy (non-hydrogen) atoms. The minimum atomic E-state index is -0.807. The second kappa shape index (κ2) is 10.2. The van der Waals surface area contributed by atoms with Crippen LogP contribution in [0.2, 0.25) is 0 Å². The summed E-state index contributed by atoms with van der Waals surface area (Å²) in [5, 5.41) is 21.7. The second-order valence-electron chi connectivity index (χ2n) is 12.4.